The standard InChI is InChI=1S/C25H32N7O9P/c1-4-36-21-18-20(30-23(26)31-21)32(13-28-18)22-25(3,27)19(33)17(40-22)12-38-42(35,29-10-15-8-6-5-7-9-15)37-11-16-14(2)39-24(34)41-16/h5-9,13,17,19,22,33H,4,10-12,27H2,1-3H3,(H,29,35)(H2,26,30,31)/t17-,19-,22-,25-,42?/m1/s1. The minimum absolute atomic E-state index is 0.0453. The number of aromatic nitrogens is 4. The van der Waals surface area contributed by atoms with E-state index in [0.717, 1.165) is 5.56 Å². The maximum atomic E-state index is 13.8. The van der Waals surface area contributed by atoms with E-state index in [1.54, 1.807) is 13.8 Å². The lowest BCUT2D eigenvalue weighted by molar-refractivity contribution is -0.0438. The summed E-state index contributed by atoms with van der Waals surface area (Å²) in [7, 11) is -4.08. The van der Waals surface area contributed by atoms with Crippen LogP contribution >= 0.6 is 7.75 Å². The summed E-state index contributed by atoms with van der Waals surface area (Å²) in [4.78, 5) is 24.1. The molecule has 17 heteroatoms. The van der Waals surface area contributed by atoms with Crippen LogP contribution in [0.5, 0.6) is 5.88 Å². The van der Waals surface area contributed by atoms with Crippen molar-refractivity contribution in [1.82, 2.24) is 24.6 Å². The Morgan fingerprint density at radius 2 is 1.98 bits per heavy atom. The van der Waals surface area contributed by atoms with Gasteiger partial charge >= 0.3 is 13.6 Å². The molecule has 0 spiro atoms. The number of anilines is 1. The van der Waals surface area contributed by atoms with E-state index in [2.05, 4.69) is 20.0 Å². The lowest BCUT2D eigenvalue weighted by Crippen LogP contribution is -2.52. The van der Waals surface area contributed by atoms with E-state index in [0.29, 0.717) is 12.1 Å². The second kappa shape index (κ2) is 11.9. The number of hydrogen-bond acceptors (Lipinski definition) is 14. The molecule has 4 heterocycles. The number of ether oxygens (including phenoxy) is 2. The van der Waals surface area contributed by atoms with Gasteiger partial charge in [-0.05, 0) is 26.3 Å². The third-order valence-electron chi connectivity index (χ3n) is 6.70. The summed E-state index contributed by atoms with van der Waals surface area (Å²) < 4.78 is 48.1. The van der Waals surface area contributed by atoms with E-state index in [-0.39, 0.29) is 48.8 Å². The topological polar surface area (TPSA) is 225 Å². The first-order valence-corrected chi connectivity index (χ1v) is 14.6. The number of nitrogens with zero attached hydrogens (tertiary/aromatic N) is 4. The van der Waals surface area contributed by atoms with Crippen molar-refractivity contribution in [3.05, 3.63) is 64.4 Å². The Bertz CT molecular complexity index is 1640. The number of nitrogens with one attached hydrogen (secondary N) is 1. The predicted molar refractivity (Wildman–Crippen MR) is 147 cm³/mol. The molecule has 3 aromatic heterocycles. The summed E-state index contributed by atoms with van der Waals surface area (Å²) in [6.45, 7) is 4.59. The van der Waals surface area contributed by atoms with Gasteiger partial charge in [-0.1, -0.05) is 30.3 Å². The highest BCUT2D eigenvalue weighted by Gasteiger charge is 2.52. The Balaban J connectivity index is 1.35. The summed E-state index contributed by atoms with van der Waals surface area (Å²) in [6, 6.07) is 9.16. The Hall–Kier alpha value is -3.63. The molecular weight excluding hydrogens is 573 g/mol. The lowest BCUT2D eigenvalue weighted by atomic mass is 9.93. The van der Waals surface area contributed by atoms with Gasteiger partial charge in [-0.2, -0.15) is 9.97 Å². The van der Waals surface area contributed by atoms with Crippen molar-refractivity contribution >= 4 is 24.9 Å². The van der Waals surface area contributed by atoms with Crippen LogP contribution in [-0.4, -0.2) is 55.6 Å². The molecule has 0 bridgehead atoms. The Kier molecular flexibility index (Phi) is 8.48. The smallest absolute Gasteiger partial charge is 0.476 e. The molecule has 1 unspecified atom stereocenters. The van der Waals surface area contributed by atoms with E-state index < -0.39 is 37.5 Å². The molecule has 5 rings (SSSR count). The van der Waals surface area contributed by atoms with Crippen LogP contribution in [0.4, 0.5) is 5.95 Å². The fraction of sp³-hybridized carbons (Fsp3) is 0.440. The Morgan fingerprint density at radius 1 is 1.21 bits per heavy atom. The second-order valence-electron chi connectivity index (χ2n) is 9.80. The molecule has 1 saturated heterocycles. The van der Waals surface area contributed by atoms with Crippen molar-refractivity contribution in [3.63, 3.8) is 0 Å². The number of fused-ring (bicyclic) bond motifs is 1. The Morgan fingerprint density at radius 3 is 2.67 bits per heavy atom. The van der Waals surface area contributed by atoms with Crippen molar-refractivity contribution in [2.75, 3.05) is 18.9 Å². The number of aliphatic hydroxyl groups is 1. The number of hydrogen-bond donors (Lipinski definition) is 4. The highest BCUT2D eigenvalue weighted by molar-refractivity contribution is 7.51. The van der Waals surface area contributed by atoms with Crippen LogP contribution < -0.4 is 27.1 Å². The van der Waals surface area contributed by atoms with E-state index in [9.17, 15) is 14.5 Å². The molecule has 16 nitrogen and oxygen atoms in total. The molecule has 1 fully saturated rings. The second-order valence-corrected chi connectivity index (χ2v) is 11.6. The summed E-state index contributed by atoms with van der Waals surface area (Å²) in [5, 5.41) is 13.9. The first kappa shape index (κ1) is 29.8. The molecule has 1 aliphatic rings. The quantitative estimate of drug-likeness (QED) is 0.169. The van der Waals surface area contributed by atoms with Gasteiger partial charge in [-0.3, -0.25) is 13.6 Å². The lowest BCUT2D eigenvalue weighted by Gasteiger charge is -2.28. The number of nitrogen functional groups attached to an aromatic ring is 1. The maximum absolute atomic E-state index is 13.8. The maximum Gasteiger partial charge on any atom is 0.519 e. The SMILES string of the molecule is CCOc1nc(N)nc2c1ncn2[C@@H]1O[C@H](COP(=O)(NCc2ccccc2)OCc2oc(=O)oc2C)[C@@H](O)[C@@]1(C)N. The van der Waals surface area contributed by atoms with E-state index in [1.807, 2.05) is 30.3 Å². The number of benzene rings is 1. The predicted octanol–water partition coefficient (Wildman–Crippen LogP) is 1.77. The van der Waals surface area contributed by atoms with E-state index in [4.69, 9.17) is 38.8 Å². The first-order valence-electron chi connectivity index (χ1n) is 13.0. The molecule has 42 heavy (non-hydrogen) atoms. The molecule has 0 amide bonds. The van der Waals surface area contributed by atoms with Gasteiger partial charge in [-0.15, -0.1) is 0 Å². The molecule has 4 aromatic rings. The molecule has 0 aliphatic carbocycles. The van der Waals surface area contributed by atoms with Gasteiger partial charge in [-0.25, -0.2) is 19.4 Å². The molecular formula is C25H32N7O9P. The van der Waals surface area contributed by atoms with Crippen LogP contribution in [-0.2, 0) is 31.5 Å². The minimum Gasteiger partial charge on any atom is -0.476 e. The van der Waals surface area contributed by atoms with Crippen LogP contribution in [0, 0.1) is 6.92 Å². The zero-order chi connectivity index (χ0) is 30.1. The van der Waals surface area contributed by atoms with Gasteiger partial charge in [0.2, 0.25) is 11.8 Å². The molecule has 226 valence electrons. The Labute approximate surface area is 239 Å². The molecule has 0 saturated carbocycles. The molecule has 1 aromatic carbocycles. The van der Waals surface area contributed by atoms with Gasteiger partial charge in [0, 0.05) is 6.54 Å². The highest BCUT2D eigenvalue weighted by Crippen LogP contribution is 2.47. The van der Waals surface area contributed by atoms with Crippen molar-refractivity contribution in [1.29, 1.82) is 0 Å². The number of nitrogens with two attached hydrogens (primary N) is 2. The van der Waals surface area contributed by atoms with Gasteiger partial charge in [0.15, 0.2) is 23.2 Å². The normalized spacial score (nSPS) is 23.8. The van der Waals surface area contributed by atoms with Crippen LogP contribution in [0.25, 0.3) is 11.2 Å². The summed E-state index contributed by atoms with van der Waals surface area (Å²) in [5.74, 6) is -0.535. The average molecular weight is 606 g/mol. The van der Waals surface area contributed by atoms with Crippen molar-refractivity contribution in [3.8, 4) is 5.88 Å². The summed E-state index contributed by atoms with van der Waals surface area (Å²) >= 11 is 0. The number of rotatable bonds is 12. The van der Waals surface area contributed by atoms with E-state index >= 15 is 0 Å². The van der Waals surface area contributed by atoms with Crippen LogP contribution in [0.2, 0.25) is 0 Å². The molecule has 0 radical (unpaired) electrons. The van der Waals surface area contributed by atoms with Gasteiger partial charge in [0.25, 0.3) is 0 Å². The van der Waals surface area contributed by atoms with Crippen molar-refractivity contribution in [2.45, 2.75) is 57.9 Å². The third kappa shape index (κ3) is 6.10. The van der Waals surface area contributed by atoms with Crippen molar-refractivity contribution in [2.24, 2.45) is 5.73 Å². The van der Waals surface area contributed by atoms with Crippen molar-refractivity contribution < 1.29 is 37.0 Å². The van der Waals surface area contributed by atoms with Crippen LogP contribution in [0.15, 0.2) is 50.3 Å². The fourth-order valence-corrected chi connectivity index (χ4v) is 5.74. The van der Waals surface area contributed by atoms with Crippen LogP contribution in [0.3, 0.4) is 0 Å². The summed E-state index contributed by atoms with van der Waals surface area (Å²) in [5.41, 5.74) is 12.5. The average Bonchev–Trinajstić information content (AvgIpc) is 3.59. The molecule has 6 N–H and O–H groups in total. The zero-order valence-electron chi connectivity index (χ0n) is 23.1. The monoisotopic (exact) mass is 605 g/mol. The van der Waals surface area contributed by atoms with E-state index in [1.165, 1.54) is 17.8 Å². The first-order chi connectivity index (χ1) is 20.0. The zero-order valence-corrected chi connectivity index (χ0v) is 24.0. The molecule has 5 atom stereocenters. The number of aryl methyl sites for hydroxylation is 1. The van der Waals surface area contributed by atoms with Gasteiger partial charge in [0.1, 0.15) is 24.6 Å². The molecule has 1 aliphatic heterocycles. The number of aliphatic hydroxyl groups excluding tert-OH is 1. The number of imidazole rings is 1. The minimum atomic E-state index is -4.08. The largest absolute Gasteiger partial charge is 0.519 e. The third-order valence-corrected chi connectivity index (χ3v) is 8.20. The van der Waals surface area contributed by atoms with Crippen LogP contribution in [0.1, 0.15) is 37.2 Å². The van der Waals surface area contributed by atoms with Gasteiger partial charge in [0.05, 0.1) is 25.1 Å². The fourth-order valence-electron chi connectivity index (χ4n) is 4.48. The van der Waals surface area contributed by atoms with Gasteiger partial charge < -0.3 is 34.9 Å². The highest BCUT2D eigenvalue weighted by atomic mass is 31.2. The summed E-state index contributed by atoms with van der Waals surface area (Å²) in [6.07, 6.45) is -1.86.